The molecule has 8 N–H and O–H groups in total. The van der Waals surface area contributed by atoms with Crippen molar-refractivity contribution >= 4 is 0 Å². The molecule has 0 spiro atoms. The minimum Gasteiger partial charge on any atom is -0.693 e. The molecule has 0 aromatic carbocycles. The molecule has 4 nitrogen and oxygen atoms in total. The van der Waals surface area contributed by atoms with Crippen LogP contribution in [0.25, 0.3) is 12.3 Å². The summed E-state index contributed by atoms with van der Waals surface area (Å²) in [5.41, 5.74) is 9.00. The molecule has 0 bridgehead atoms. The molecule has 0 aromatic rings. The Labute approximate surface area is 50.6 Å². The maximum absolute atomic E-state index is 4.50. The predicted octanol–water partition coefficient (Wildman–Crippen LogP) is 0.455. The Bertz CT molecular complexity index is 7.51. The monoisotopic (exact) mass is 180 g/mol. The topological polar surface area (TPSA) is 119 Å². The van der Waals surface area contributed by atoms with Gasteiger partial charge in [0.05, 0.1) is 0 Å². The van der Waals surface area contributed by atoms with Gasteiger partial charge < -0.3 is 23.8 Å². The smallest absolute Gasteiger partial charge is 0.693 e. The molecule has 0 saturated heterocycles. The maximum atomic E-state index is 4.50. The van der Waals surface area contributed by atoms with E-state index < -0.39 is 0 Å². The van der Waals surface area contributed by atoms with E-state index in [0.717, 1.165) is 6.67 Å². The number of nitrogens with two attached hydrogens (primary N) is 4. The second-order valence-electron chi connectivity index (χ2n) is 0.192. The van der Waals surface area contributed by atoms with Crippen LogP contribution in [0.5, 0.6) is 0 Å². The van der Waals surface area contributed by atoms with E-state index in [2.05, 4.69) is 11.5 Å². The van der Waals surface area contributed by atoms with Gasteiger partial charge in [-0.15, -0.1) is 0 Å². The molecule has 0 atom stereocenters. The molecule has 0 aliphatic carbocycles. The predicted molar refractivity (Wildman–Crippen MR) is 23.2 cm³/mol. The van der Waals surface area contributed by atoms with E-state index in [1.54, 1.807) is 0 Å². The van der Waals surface area contributed by atoms with Crippen molar-refractivity contribution in [2.24, 2.45) is 11.5 Å². The zero-order chi connectivity index (χ0) is 2.71. The number of hydrogen-bond acceptors (Lipinski definition) is 2. The fourth-order valence-electron chi connectivity index (χ4n) is 0. The van der Waals surface area contributed by atoms with Crippen LogP contribution >= 0.6 is 0 Å². The summed E-state index contributed by atoms with van der Waals surface area (Å²) in [6.07, 6.45) is 0. The first kappa shape index (κ1) is 31.8. The Morgan fingerprint density at radius 1 is 1.00 bits per heavy atom. The zero-order valence-corrected chi connectivity index (χ0v) is 4.86. The van der Waals surface area contributed by atoms with Crippen molar-refractivity contribution in [3.63, 3.8) is 0 Å². The van der Waals surface area contributed by atoms with Crippen molar-refractivity contribution in [2.45, 2.75) is 0 Å². The number of rotatable bonds is 0. The standard InChI is InChI=1S/CH5N2.2H2N.Rh/c2-1-3;;;/h1H,2-3H2;2*1H2;/q3*-1;+3. The Balaban J connectivity index is -0.00000000667. The van der Waals surface area contributed by atoms with E-state index in [-0.39, 0.29) is 31.8 Å². The molecule has 5 heteroatoms. The van der Waals surface area contributed by atoms with Crippen LogP contribution in [0.3, 0.4) is 0 Å². The van der Waals surface area contributed by atoms with Crippen molar-refractivity contribution in [1.82, 2.24) is 0 Å². The quantitative estimate of drug-likeness (QED) is 0.415. The van der Waals surface area contributed by atoms with Gasteiger partial charge in [-0.25, -0.2) is 6.67 Å². The third kappa shape index (κ3) is 249. The first-order chi connectivity index (χ1) is 1.41. The average molecular weight is 180 g/mol. The third-order valence-electron chi connectivity index (χ3n) is 0. The fourth-order valence-corrected chi connectivity index (χ4v) is 0. The van der Waals surface area contributed by atoms with Gasteiger partial charge in [0.2, 0.25) is 0 Å². The molecule has 0 unspecified atom stereocenters. The zero-order valence-electron chi connectivity index (χ0n) is 3.22. The first-order valence-electron chi connectivity index (χ1n) is 0.667. The SMILES string of the molecule is N[CH-]N.[NH2-].[NH2-].[Rh+3]. The summed E-state index contributed by atoms with van der Waals surface area (Å²) in [6.45, 7) is 1.00. The summed E-state index contributed by atoms with van der Waals surface area (Å²) < 4.78 is 0. The van der Waals surface area contributed by atoms with Gasteiger partial charge in [0.25, 0.3) is 0 Å². The second kappa shape index (κ2) is 50.8. The summed E-state index contributed by atoms with van der Waals surface area (Å²) in [4.78, 5) is 0. The molecule has 0 heterocycles. The maximum Gasteiger partial charge on any atom is 3.00 e. The minimum absolute atomic E-state index is 0. The summed E-state index contributed by atoms with van der Waals surface area (Å²) in [5, 5.41) is 0. The molecule has 42 valence electrons. The summed E-state index contributed by atoms with van der Waals surface area (Å²) in [6, 6.07) is 0. The normalized spacial score (nSPS) is 3.00. The van der Waals surface area contributed by atoms with Crippen molar-refractivity contribution in [3.8, 4) is 0 Å². The summed E-state index contributed by atoms with van der Waals surface area (Å²) >= 11 is 0. The van der Waals surface area contributed by atoms with Crippen LogP contribution in [0, 0.1) is 6.67 Å². The summed E-state index contributed by atoms with van der Waals surface area (Å²) in [7, 11) is 0. The van der Waals surface area contributed by atoms with E-state index in [9.17, 15) is 0 Å². The van der Waals surface area contributed by atoms with Crippen LogP contribution < -0.4 is 11.5 Å². The Hall–Kier alpha value is 0.463. The molecule has 0 rings (SSSR count). The minimum atomic E-state index is 0. The van der Waals surface area contributed by atoms with Gasteiger partial charge in [-0.3, -0.25) is 0 Å². The van der Waals surface area contributed by atoms with E-state index in [1.807, 2.05) is 0 Å². The molecule has 0 fully saturated rings. The van der Waals surface area contributed by atoms with Gasteiger partial charge >= 0.3 is 19.5 Å². The van der Waals surface area contributed by atoms with Gasteiger partial charge in [0.15, 0.2) is 0 Å². The van der Waals surface area contributed by atoms with Crippen molar-refractivity contribution < 1.29 is 19.5 Å². The molecule has 0 aromatic heterocycles. The Morgan fingerprint density at radius 2 is 1.00 bits per heavy atom. The van der Waals surface area contributed by atoms with E-state index in [4.69, 9.17) is 0 Å². The molecular formula is CH9N4Rh. The van der Waals surface area contributed by atoms with Crippen molar-refractivity contribution in [1.29, 1.82) is 0 Å². The van der Waals surface area contributed by atoms with E-state index in [0.29, 0.717) is 0 Å². The van der Waals surface area contributed by atoms with Gasteiger partial charge in [0, 0.05) is 0 Å². The summed E-state index contributed by atoms with van der Waals surface area (Å²) in [5.74, 6) is 0. The Morgan fingerprint density at radius 3 is 1.00 bits per heavy atom. The molecule has 0 aliphatic rings. The van der Waals surface area contributed by atoms with Crippen molar-refractivity contribution in [3.05, 3.63) is 19.0 Å². The van der Waals surface area contributed by atoms with Gasteiger partial charge in [0.1, 0.15) is 0 Å². The molecule has 0 aliphatic heterocycles. The molecular weight excluding hydrogens is 171 g/mol. The largest absolute Gasteiger partial charge is 3.00 e. The van der Waals surface area contributed by atoms with Crippen LogP contribution in [0.4, 0.5) is 0 Å². The van der Waals surface area contributed by atoms with Gasteiger partial charge in [-0.2, -0.15) is 0 Å². The van der Waals surface area contributed by atoms with Gasteiger partial charge in [-0.05, 0) is 0 Å². The molecule has 6 heavy (non-hydrogen) atoms. The first-order valence-corrected chi connectivity index (χ1v) is 0.667. The average Bonchev–Trinajstić information content (AvgIpc) is 0.918. The third-order valence-corrected chi connectivity index (χ3v) is 0. The van der Waals surface area contributed by atoms with E-state index >= 15 is 0 Å². The van der Waals surface area contributed by atoms with Crippen LogP contribution in [0.1, 0.15) is 0 Å². The van der Waals surface area contributed by atoms with Crippen LogP contribution in [-0.2, 0) is 19.5 Å². The Kier molecular flexibility index (Phi) is 269. The molecule has 0 saturated carbocycles. The van der Waals surface area contributed by atoms with Gasteiger partial charge in [-0.1, -0.05) is 0 Å². The van der Waals surface area contributed by atoms with E-state index in [1.165, 1.54) is 0 Å². The molecule has 0 radical (unpaired) electrons. The van der Waals surface area contributed by atoms with Crippen LogP contribution in [0.15, 0.2) is 0 Å². The van der Waals surface area contributed by atoms with Crippen molar-refractivity contribution in [2.75, 3.05) is 0 Å². The second-order valence-corrected chi connectivity index (χ2v) is 0.192. The fraction of sp³-hybridized carbons (Fsp3) is 0. The molecule has 0 amide bonds. The van der Waals surface area contributed by atoms with Crippen LogP contribution in [0.2, 0.25) is 0 Å². The number of hydrogen-bond donors (Lipinski definition) is 2. The van der Waals surface area contributed by atoms with Crippen LogP contribution in [-0.4, -0.2) is 0 Å².